The van der Waals surface area contributed by atoms with Crippen LogP contribution in [0, 0.1) is 0 Å². The summed E-state index contributed by atoms with van der Waals surface area (Å²) in [5.74, 6) is -0.576. The van der Waals surface area contributed by atoms with Gasteiger partial charge in [0.05, 0.1) is 0 Å². The minimum absolute atomic E-state index is 0.155. The first-order chi connectivity index (χ1) is 12.5. The van der Waals surface area contributed by atoms with Gasteiger partial charge in [-0.15, -0.1) is 0 Å². The molecule has 7 nitrogen and oxygen atoms in total. The summed E-state index contributed by atoms with van der Waals surface area (Å²) in [6, 6.07) is 11.7. The molecule has 3 rings (SSSR count). The maximum Gasteiger partial charge on any atom is 0.321 e. The predicted octanol–water partition coefficient (Wildman–Crippen LogP) is 3.04. The van der Waals surface area contributed by atoms with E-state index in [9.17, 15) is 14.4 Å². The van der Waals surface area contributed by atoms with E-state index in [0.717, 1.165) is 11.3 Å². The summed E-state index contributed by atoms with van der Waals surface area (Å²) in [5, 5.41) is 8.23. The second kappa shape index (κ2) is 7.10. The second-order valence-corrected chi connectivity index (χ2v) is 5.88. The molecule has 0 spiro atoms. The molecule has 132 valence electrons. The molecule has 1 aliphatic rings. The molecule has 0 atom stereocenters. The Hall–Kier alpha value is -3.61. The molecule has 2 aromatic carbocycles. The lowest BCUT2D eigenvalue weighted by atomic mass is 10.1. The Morgan fingerprint density at radius 1 is 1.12 bits per heavy atom. The van der Waals surface area contributed by atoms with Gasteiger partial charge in [0.2, 0.25) is 5.91 Å². The summed E-state index contributed by atoms with van der Waals surface area (Å²) in [6.07, 6.45) is 1.18. The van der Waals surface area contributed by atoms with Crippen molar-refractivity contribution >= 4 is 34.9 Å². The highest BCUT2D eigenvalue weighted by Crippen LogP contribution is 2.26. The van der Waals surface area contributed by atoms with Gasteiger partial charge in [-0.1, -0.05) is 6.58 Å². The van der Waals surface area contributed by atoms with Gasteiger partial charge in [0.1, 0.15) is 0 Å². The van der Waals surface area contributed by atoms with Crippen LogP contribution in [0.5, 0.6) is 0 Å². The van der Waals surface area contributed by atoms with Crippen LogP contribution in [0.1, 0.15) is 15.9 Å². The lowest BCUT2D eigenvalue weighted by Gasteiger charge is -2.26. The molecule has 1 aliphatic heterocycles. The van der Waals surface area contributed by atoms with Gasteiger partial charge in [-0.25, -0.2) is 4.79 Å². The summed E-state index contributed by atoms with van der Waals surface area (Å²) in [7, 11) is 1.70. The summed E-state index contributed by atoms with van der Waals surface area (Å²) in [5.41, 5.74) is 3.35. The minimum atomic E-state index is -0.312. The van der Waals surface area contributed by atoms with Crippen LogP contribution in [-0.2, 0) is 11.3 Å². The first kappa shape index (κ1) is 17.2. The quantitative estimate of drug-likeness (QED) is 0.740. The Kier molecular flexibility index (Phi) is 4.70. The van der Waals surface area contributed by atoms with E-state index < -0.39 is 0 Å². The van der Waals surface area contributed by atoms with Crippen molar-refractivity contribution in [2.45, 2.75) is 6.54 Å². The maximum atomic E-state index is 12.4. The SMILES string of the molecule is C=CC(=O)Nc1ccc(C(=O)Nc2ccc3c(c2)CN(C)C(=O)N3)cc1. The molecule has 0 fully saturated rings. The highest BCUT2D eigenvalue weighted by atomic mass is 16.2. The van der Waals surface area contributed by atoms with Gasteiger partial charge >= 0.3 is 6.03 Å². The molecule has 0 saturated heterocycles. The van der Waals surface area contributed by atoms with Crippen molar-refractivity contribution in [2.75, 3.05) is 23.0 Å². The lowest BCUT2D eigenvalue weighted by Crippen LogP contribution is -2.35. The van der Waals surface area contributed by atoms with Crippen molar-refractivity contribution in [3.05, 3.63) is 66.2 Å². The Balaban J connectivity index is 1.70. The molecular formula is C19H18N4O3. The third-order valence-electron chi connectivity index (χ3n) is 3.96. The molecular weight excluding hydrogens is 332 g/mol. The molecule has 26 heavy (non-hydrogen) atoms. The number of carbonyl (C=O) groups excluding carboxylic acids is 3. The number of fused-ring (bicyclic) bond motifs is 1. The van der Waals surface area contributed by atoms with E-state index in [1.54, 1.807) is 48.3 Å². The second-order valence-electron chi connectivity index (χ2n) is 5.88. The summed E-state index contributed by atoms with van der Waals surface area (Å²) < 4.78 is 0. The highest BCUT2D eigenvalue weighted by Gasteiger charge is 2.19. The van der Waals surface area contributed by atoms with E-state index in [2.05, 4.69) is 22.5 Å². The van der Waals surface area contributed by atoms with E-state index in [1.165, 1.54) is 6.08 Å². The van der Waals surface area contributed by atoms with E-state index in [1.807, 2.05) is 6.07 Å². The highest BCUT2D eigenvalue weighted by molar-refractivity contribution is 6.05. The average molecular weight is 350 g/mol. The summed E-state index contributed by atoms with van der Waals surface area (Å²) in [6.45, 7) is 3.86. The van der Waals surface area contributed by atoms with Crippen LogP contribution >= 0.6 is 0 Å². The number of hydrogen-bond acceptors (Lipinski definition) is 3. The molecule has 4 amide bonds. The lowest BCUT2D eigenvalue weighted by molar-refractivity contribution is -0.111. The Bertz CT molecular complexity index is 890. The molecule has 0 unspecified atom stereocenters. The third-order valence-corrected chi connectivity index (χ3v) is 3.96. The number of nitrogens with one attached hydrogen (secondary N) is 3. The van der Waals surface area contributed by atoms with Gasteiger partial charge in [0, 0.05) is 36.2 Å². The van der Waals surface area contributed by atoms with E-state index >= 15 is 0 Å². The normalized spacial score (nSPS) is 12.7. The number of hydrogen-bond donors (Lipinski definition) is 3. The number of amides is 4. The van der Waals surface area contributed by atoms with Crippen molar-refractivity contribution in [2.24, 2.45) is 0 Å². The fourth-order valence-electron chi connectivity index (χ4n) is 2.56. The zero-order valence-corrected chi connectivity index (χ0v) is 14.2. The molecule has 7 heteroatoms. The fourth-order valence-corrected chi connectivity index (χ4v) is 2.56. The van der Waals surface area contributed by atoms with E-state index in [0.29, 0.717) is 23.5 Å². The van der Waals surface area contributed by atoms with E-state index in [-0.39, 0.29) is 17.8 Å². The molecule has 3 N–H and O–H groups in total. The Morgan fingerprint density at radius 2 is 1.81 bits per heavy atom. The van der Waals surface area contributed by atoms with Crippen molar-refractivity contribution in [3.63, 3.8) is 0 Å². The molecule has 0 bridgehead atoms. The number of rotatable bonds is 4. The van der Waals surface area contributed by atoms with Crippen LogP contribution < -0.4 is 16.0 Å². The molecule has 2 aromatic rings. The monoisotopic (exact) mass is 350 g/mol. The number of urea groups is 1. The largest absolute Gasteiger partial charge is 0.323 e. The average Bonchev–Trinajstić information content (AvgIpc) is 2.63. The minimum Gasteiger partial charge on any atom is -0.323 e. The van der Waals surface area contributed by atoms with Crippen LogP contribution in [0.3, 0.4) is 0 Å². The molecule has 0 radical (unpaired) electrons. The number of anilines is 3. The topological polar surface area (TPSA) is 90.5 Å². The maximum absolute atomic E-state index is 12.4. The van der Waals surface area contributed by atoms with Gasteiger partial charge in [-0.05, 0) is 54.1 Å². The van der Waals surface area contributed by atoms with Crippen LogP contribution in [0.2, 0.25) is 0 Å². The smallest absolute Gasteiger partial charge is 0.321 e. The van der Waals surface area contributed by atoms with Crippen LogP contribution in [0.15, 0.2) is 55.1 Å². The summed E-state index contributed by atoms with van der Waals surface area (Å²) >= 11 is 0. The molecule has 1 heterocycles. The number of nitrogens with zero attached hydrogens (tertiary/aromatic N) is 1. The van der Waals surface area contributed by atoms with Crippen LogP contribution in [0.25, 0.3) is 0 Å². The van der Waals surface area contributed by atoms with Gasteiger partial charge < -0.3 is 20.9 Å². The van der Waals surface area contributed by atoms with Gasteiger partial charge in [-0.3, -0.25) is 9.59 Å². The van der Waals surface area contributed by atoms with Crippen molar-refractivity contribution in [3.8, 4) is 0 Å². The van der Waals surface area contributed by atoms with Crippen molar-refractivity contribution in [1.82, 2.24) is 4.90 Å². The first-order valence-electron chi connectivity index (χ1n) is 7.96. The fraction of sp³-hybridized carbons (Fsp3) is 0.105. The van der Waals surface area contributed by atoms with Crippen molar-refractivity contribution < 1.29 is 14.4 Å². The van der Waals surface area contributed by atoms with E-state index in [4.69, 9.17) is 0 Å². The zero-order chi connectivity index (χ0) is 18.7. The van der Waals surface area contributed by atoms with Gasteiger partial charge in [0.25, 0.3) is 5.91 Å². The van der Waals surface area contributed by atoms with Gasteiger partial charge in [0.15, 0.2) is 0 Å². The summed E-state index contributed by atoms with van der Waals surface area (Å²) in [4.78, 5) is 36.8. The molecule has 0 aromatic heterocycles. The van der Waals surface area contributed by atoms with Crippen molar-refractivity contribution in [1.29, 1.82) is 0 Å². The Labute approximate surface area is 150 Å². The molecule has 0 saturated carbocycles. The zero-order valence-electron chi connectivity index (χ0n) is 14.2. The standard InChI is InChI=1S/C19H18N4O3/c1-3-17(24)20-14-6-4-12(5-7-14)18(25)21-15-8-9-16-13(10-15)11-23(2)19(26)22-16/h3-10H,1,11H2,2H3,(H,20,24)(H,21,25)(H,22,26). The third kappa shape index (κ3) is 3.72. The molecule has 0 aliphatic carbocycles. The Morgan fingerprint density at radius 3 is 2.50 bits per heavy atom. The first-order valence-corrected chi connectivity index (χ1v) is 7.96. The predicted molar refractivity (Wildman–Crippen MR) is 100 cm³/mol. The van der Waals surface area contributed by atoms with Crippen LogP contribution in [-0.4, -0.2) is 29.8 Å². The number of carbonyl (C=O) groups is 3. The van der Waals surface area contributed by atoms with Gasteiger partial charge in [-0.2, -0.15) is 0 Å². The van der Waals surface area contributed by atoms with Crippen LogP contribution in [0.4, 0.5) is 21.9 Å². The number of benzene rings is 2.